The van der Waals surface area contributed by atoms with E-state index in [2.05, 4.69) is 32.9 Å². The standard InChI is InChI=1S/C13H21NO/c1-9-7-11(3)13(8-10(9)2)15-6-5-12(4)14/h7-8,12H,5-6,14H2,1-4H3. The highest BCUT2D eigenvalue weighted by atomic mass is 16.5. The molecule has 0 aliphatic heterocycles. The maximum atomic E-state index is 5.70. The highest BCUT2D eigenvalue weighted by molar-refractivity contribution is 5.40. The van der Waals surface area contributed by atoms with E-state index in [4.69, 9.17) is 10.5 Å². The van der Waals surface area contributed by atoms with Gasteiger partial charge in [0.1, 0.15) is 5.75 Å². The van der Waals surface area contributed by atoms with Gasteiger partial charge in [0, 0.05) is 6.04 Å². The third kappa shape index (κ3) is 3.56. The van der Waals surface area contributed by atoms with Crippen molar-refractivity contribution in [3.8, 4) is 5.75 Å². The van der Waals surface area contributed by atoms with Crippen LogP contribution in [0, 0.1) is 20.8 Å². The average molecular weight is 207 g/mol. The minimum absolute atomic E-state index is 0.205. The number of aryl methyl sites for hydroxylation is 3. The molecule has 1 aromatic rings. The van der Waals surface area contributed by atoms with E-state index >= 15 is 0 Å². The first kappa shape index (κ1) is 12.1. The van der Waals surface area contributed by atoms with Gasteiger partial charge in [-0.15, -0.1) is 0 Å². The summed E-state index contributed by atoms with van der Waals surface area (Å²) < 4.78 is 5.70. The lowest BCUT2D eigenvalue weighted by Crippen LogP contribution is -2.18. The van der Waals surface area contributed by atoms with Gasteiger partial charge >= 0.3 is 0 Å². The van der Waals surface area contributed by atoms with Crippen molar-refractivity contribution in [2.24, 2.45) is 5.73 Å². The summed E-state index contributed by atoms with van der Waals surface area (Å²) in [4.78, 5) is 0. The summed E-state index contributed by atoms with van der Waals surface area (Å²) in [6, 6.07) is 4.47. The molecule has 0 saturated carbocycles. The van der Waals surface area contributed by atoms with E-state index < -0.39 is 0 Å². The minimum atomic E-state index is 0.205. The minimum Gasteiger partial charge on any atom is -0.493 e. The first-order valence-corrected chi connectivity index (χ1v) is 5.47. The second-order valence-corrected chi connectivity index (χ2v) is 4.32. The highest BCUT2D eigenvalue weighted by Crippen LogP contribution is 2.22. The van der Waals surface area contributed by atoms with Gasteiger partial charge in [-0.1, -0.05) is 6.07 Å². The Balaban J connectivity index is 2.65. The molecule has 0 amide bonds. The van der Waals surface area contributed by atoms with Crippen molar-refractivity contribution in [3.05, 3.63) is 28.8 Å². The normalized spacial score (nSPS) is 12.6. The Morgan fingerprint density at radius 2 is 1.73 bits per heavy atom. The van der Waals surface area contributed by atoms with Crippen LogP contribution >= 0.6 is 0 Å². The van der Waals surface area contributed by atoms with Gasteiger partial charge in [-0.25, -0.2) is 0 Å². The Kier molecular flexibility index (Phi) is 4.15. The van der Waals surface area contributed by atoms with Crippen molar-refractivity contribution in [2.45, 2.75) is 40.2 Å². The molecule has 0 fully saturated rings. The second-order valence-electron chi connectivity index (χ2n) is 4.32. The number of nitrogens with two attached hydrogens (primary N) is 1. The first-order chi connectivity index (χ1) is 7.00. The zero-order valence-electron chi connectivity index (χ0n) is 10.1. The van der Waals surface area contributed by atoms with Crippen molar-refractivity contribution < 1.29 is 4.74 Å². The molecule has 2 nitrogen and oxygen atoms in total. The molecule has 0 aliphatic carbocycles. The summed E-state index contributed by atoms with van der Waals surface area (Å²) in [5, 5.41) is 0. The van der Waals surface area contributed by atoms with Crippen LogP contribution in [-0.4, -0.2) is 12.6 Å². The highest BCUT2D eigenvalue weighted by Gasteiger charge is 2.03. The average Bonchev–Trinajstić information content (AvgIpc) is 2.13. The predicted molar refractivity (Wildman–Crippen MR) is 64.4 cm³/mol. The van der Waals surface area contributed by atoms with Gasteiger partial charge in [-0.3, -0.25) is 0 Å². The molecule has 0 radical (unpaired) electrons. The molecule has 0 aromatic heterocycles. The van der Waals surface area contributed by atoms with Crippen molar-refractivity contribution >= 4 is 0 Å². The van der Waals surface area contributed by atoms with Gasteiger partial charge in [0.15, 0.2) is 0 Å². The quantitative estimate of drug-likeness (QED) is 0.824. The predicted octanol–water partition coefficient (Wildman–Crippen LogP) is 2.73. The van der Waals surface area contributed by atoms with Gasteiger partial charge < -0.3 is 10.5 Å². The molecule has 0 heterocycles. The fourth-order valence-electron chi connectivity index (χ4n) is 1.44. The Morgan fingerprint density at radius 1 is 1.13 bits per heavy atom. The maximum Gasteiger partial charge on any atom is 0.122 e. The molecule has 0 spiro atoms. The van der Waals surface area contributed by atoms with E-state index in [9.17, 15) is 0 Å². The number of benzene rings is 1. The smallest absolute Gasteiger partial charge is 0.122 e. The Morgan fingerprint density at radius 3 is 2.33 bits per heavy atom. The molecule has 15 heavy (non-hydrogen) atoms. The zero-order valence-corrected chi connectivity index (χ0v) is 10.1. The second kappa shape index (κ2) is 5.17. The zero-order chi connectivity index (χ0) is 11.4. The van der Waals surface area contributed by atoms with Crippen LogP contribution in [0.5, 0.6) is 5.75 Å². The molecule has 0 aliphatic rings. The van der Waals surface area contributed by atoms with E-state index in [1.807, 2.05) is 6.92 Å². The van der Waals surface area contributed by atoms with Gasteiger partial charge in [-0.2, -0.15) is 0 Å². The summed E-state index contributed by atoms with van der Waals surface area (Å²) >= 11 is 0. The number of hydrogen-bond donors (Lipinski definition) is 1. The molecule has 0 bridgehead atoms. The fraction of sp³-hybridized carbons (Fsp3) is 0.538. The molecule has 1 aromatic carbocycles. The number of rotatable bonds is 4. The maximum absolute atomic E-state index is 5.70. The van der Waals surface area contributed by atoms with E-state index in [1.54, 1.807) is 0 Å². The summed E-state index contributed by atoms with van der Waals surface area (Å²) in [7, 11) is 0. The number of hydrogen-bond acceptors (Lipinski definition) is 2. The van der Waals surface area contributed by atoms with Crippen LogP contribution in [0.1, 0.15) is 30.0 Å². The van der Waals surface area contributed by atoms with Crippen LogP contribution in [0.2, 0.25) is 0 Å². The molecule has 1 rings (SSSR count). The Labute approximate surface area is 92.4 Å². The van der Waals surface area contributed by atoms with Crippen molar-refractivity contribution in [3.63, 3.8) is 0 Å². The third-order valence-corrected chi connectivity index (χ3v) is 2.62. The molecular formula is C13H21NO. The third-order valence-electron chi connectivity index (χ3n) is 2.62. The van der Waals surface area contributed by atoms with Crippen LogP contribution < -0.4 is 10.5 Å². The monoisotopic (exact) mass is 207 g/mol. The van der Waals surface area contributed by atoms with E-state index in [0.29, 0.717) is 6.61 Å². The summed E-state index contributed by atoms with van der Waals surface area (Å²) in [5.74, 6) is 0.985. The number of ether oxygens (including phenoxy) is 1. The van der Waals surface area contributed by atoms with Crippen LogP contribution in [0.25, 0.3) is 0 Å². The summed E-state index contributed by atoms with van der Waals surface area (Å²) in [6.07, 6.45) is 0.895. The van der Waals surface area contributed by atoms with Crippen LogP contribution in [0.3, 0.4) is 0 Å². The molecule has 1 atom stereocenters. The molecule has 1 unspecified atom stereocenters. The summed E-state index contributed by atoms with van der Waals surface area (Å²) in [5.41, 5.74) is 9.45. The van der Waals surface area contributed by atoms with Crippen molar-refractivity contribution in [1.82, 2.24) is 0 Å². The molecule has 84 valence electrons. The van der Waals surface area contributed by atoms with E-state index in [1.165, 1.54) is 16.7 Å². The Hall–Kier alpha value is -1.02. The van der Waals surface area contributed by atoms with Gasteiger partial charge in [0.05, 0.1) is 6.61 Å². The van der Waals surface area contributed by atoms with Gasteiger partial charge in [-0.05, 0) is 56.9 Å². The molecule has 0 saturated heterocycles. The SMILES string of the molecule is Cc1cc(C)c(OCCC(C)N)cc1C. The van der Waals surface area contributed by atoms with Crippen molar-refractivity contribution in [1.29, 1.82) is 0 Å². The lowest BCUT2D eigenvalue weighted by atomic mass is 10.1. The lowest BCUT2D eigenvalue weighted by molar-refractivity contribution is 0.299. The van der Waals surface area contributed by atoms with E-state index in [-0.39, 0.29) is 6.04 Å². The molecule has 2 heteroatoms. The summed E-state index contributed by atoms with van der Waals surface area (Å²) in [6.45, 7) is 8.99. The molecular weight excluding hydrogens is 186 g/mol. The molecule has 2 N–H and O–H groups in total. The van der Waals surface area contributed by atoms with Crippen LogP contribution in [-0.2, 0) is 0 Å². The van der Waals surface area contributed by atoms with Crippen LogP contribution in [0.4, 0.5) is 0 Å². The fourth-order valence-corrected chi connectivity index (χ4v) is 1.44. The largest absolute Gasteiger partial charge is 0.493 e. The van der Waals surface area contributed by atoms with Crippen LogP contribution in [0.15, 0.2) is 12.1 Å². The van der Waals surface area contributed by atoms with E-state index in [0.717, 1.165) is 12.2 Å². The van der Waals surface area contributed by atoms with Gasteiger partial charge in [0.25, 0.3) is 0 Å². The topological polar surface area (TPSA) is 35.2 Å². The first-order valence-electron chi connectivity index (χ1n) is 5.47. The Bertz CT molecular complexity index is 332. The lowest BCUT2D eigenvalue weighted by Gasteiger charge is -2.12. The van der Waals surface area contributed by atoms with Crippen molar-refractivity contribution in [2.75, 3.05) is 6.61 Å². The van der Waals surface area contributed by atoms with Gasteiger partial charge in [0.2, 0.25) is 0 Å².